The van der Waals surface area contributed by atoms with Crippen molar-refractivity contribution < 1.29 is 14.6 Å². The number of hydrogen-bond donors (Lipinski definition) is 3. The van der Waals surface area contributed by atoms with Crippen LogP contribution in [0.3, 0.4) is 0 Å². The third-order valence-corrected chi connectivity index (χ3v) is 2.50. The van der Waals surface area contributed by atoms with E-state index in [1.165, 1.54) is 0 Å². The first kappa shape index (κ1) is 13.3. The smallest absolute Gasteiger partial charge is 0.407 e. The minimum absolute atomic E-state index is 0.119. The van der Waals surface area contributed by atoms with Gasteiger partial charge in [0, 0.05) is 19.0 Å². The van der Waals surface area contributed by atoms with Crippen LogP contribution in [0, 0.1) is 5.92 Å². The number of carbonyl (C=O) groups is 1. The first-order valence-corrected chi connectivity index (χ1v) is 5.74. The van der Waals surface area contributed by atoms with Gasteiger partial charge in [-0.05, 0) is 33.7 Å². The highest BCUT2D eigenvalue weighted by atomic mass is 16.6. The normalized spacial score (nSPS) is 26.2. The second-order valence-corrected chi connectivity index (χ2v) is 5.20. The van der Waals surface area contributed by atoms with Crippen LogP contribution in [-0.4, -0.2) is 42.5 Å². The molecule has 94 valence electrons. The van der Waals surface area contributed by atoms with Crippen LogP contribution in [0.2, 0.25) is 0 Å². The molecule has 0 unspecified atom stereocenters. The molecule has 1 rings (SSSR count). The van der Waals surface area contributed by atoms with Crippen molar-refractivity contribution in [3.63, 3.8) is 0 Å². The van der Waals surface area contributed by atoms with E-state index in [-0.39, 0.29) is 12.0 Å². The molecule has 1 aliphatic rings. The van der Waals surface area contributed by atoms with Gasteiger partial charge in [0.25, 0.3) is 0 Å². The molecule has 0 bridgehead atoms. The summed E-state index contributed by atoms with van der Waals surface area (Å²) in [5.41, 5.74) is -0.475. The van der Waals surface area contributed by atoms with Gasteiger partial charge in [0.2, 0.25) is 0 Å². The van der Waals surface area contributed by atoms with Crippen LogP contribution < -0.4 is 10.6 Å². The lowest BCUT2D eigenvalue weighted by Gasteiger charge is -2.28. The van der Waals surface area contributed by atoms with E-state index in [0.717, 1.165) is 13.0 Å². The molecular formula is C11H22N2O3. The first-order chi connectivity index (χ1) is 7.38. The van der Waals surface area contributed by atoms with Crippen molar-refractivity contribution in [2.24, 2.45) is 5.92 Å². The average molecular weight is 230 g/mol. The molecule has 5 heteroatoms. The Labute approximate surface area is 96.6 Å². The van der Waals surface area contributed by atoms with E-state index in [0.29, 0.717) is 13.1 Å². The predicted molar refractivity (Wildman–Crippen MR) is 61.2 cm³/mol. The fraction of sp³-hybridized carbons (Fsp3) is 0.909. The van der Waals surface area contributed by atoms with Crippen molar-refractivity contribution >= 4 is 6.09 Å². The summed E-state index contributed by atoms with van der Waals surface area (Å²) < 4.78 is 5.12. The van der Waals surface area contributed by atoms with Crippen LogP contribution in [0.5, 0.6) is 0 Å². The number of alkyl carbamates (subject to hydrolysis) is 1. The van der Waals surface area contributed by atoms with E-state index < -0.39 is 11.7 Å². The number of nitrogens with one attached hydrogen (secondary N) is 2. The molecule has 1 heterocycles. The fourth-order valence-electron chi connectivity index (χ4n) is 1.66. The summed E-state index contributed by atoms with van der Waals surface area (Å²) in [6.45, 7) is 7.43. The van der Waals surface area contributed by atoms with Gasteiger partial charge in [-0.25, -0.2) is 4.79 Å². The van der Waals surface area contributed by atoms with Crippen molar-refractivity contribution in [2.75, 3.05) is 19.6 Å². The number of piperidine rings is 1. The molecule has 2 atom stereocenters. The third-order valence-electron chi connectivity index (χ3n) is 2.50. The molecule has 0 spiro atoms. The average Bonchev–Trinajstić information content (AvgIpc) is 2.14. The summed E-state index contributed by atoms with van der Waals surface area (Å²) >= 11 is 0. The standard InChI is InChI=1S/C11H22N2O3/c1-11(2,3)16-10(15)13-6-8-4-5-12-7-9(8)14/h8-9,12,14H,4-7H2,1-3H3,(H,13,15)/t8-,9-/m1/s1. The van der Waals surface area contributed by atoms with Crippen LogP contribution in [-0.2, 0) is 4.74 Å². The van der Waals surface area contributed by atoms with Crippen molar-refractivity contribution in [1.82, 2.24) is 10.6 Å². The molecule has 0 aromatic carbocycles. The van der Waals surface area contributed by atoms with Crippen LogP contribution in [0.15, 0.2) is 0 Å². The number of aliphatic hydroxyl groups is 1. The van der Waals surface area contributed by atoms with Crippen molar-refractivity contribution in [1.29, 1.82) is 0 Å². The lowest BCUT2D eigenvalue weighted by Crippen LogP contribution is -2.46. The molecule has 1 fully saturated rings. The van der Waals surface area contributed by atoms with E-state index >= 15 is 0 Å². The number of rotatable bonds is 2. The Morgan fingerprint density at radius 1 is 1.56 bits per heavy atom. The number of carbonyl (C=O) groups excluding carboxylic acids is 1. The Balaban J connectivity index is 2.25. The van der Waals surface area contributed by atoms with Gasteiger partial charge in [0.05, 0.1) is 6.10 Å². The summed E-state index contributed by atoms with van der Waals surface area (Å²) in [5.74, 6) is 0.119. The summed E-state index contributed by atoms with van der Waals surface area (Å²) in [6, 6.07) is 0. The van der Waals surface area contributed by atoms with Gasteiger partial charge < -0.3 is 20.5 Å². The molecule has 3 N–H and O–H groups in total. The maximum absolute atomic E-state index is 11.4. The monoisotopic (exact) mass is 230 g/mol. The fourth-order valence-corrected chi connectivity index (χ4v) is 1.66. The second kappa shape index (κ2) is 5.50. The molecule has 1 saturated heterocycles. The predicted octanol–water partition coefficient (Wildman–Crippen LogP) is 0.481. The van der Waals surface area contributed by atoms with Gasteiger partial charge in [0.1, 0.15) is 5.60 Å². The zero-order valence-corrected chi connectivity index (χ0v) is 10.2. The molecule has 0 radical (unpaired) electrons. The number of ether oxygens (including phenoxy) is 1. The van der Waals surface area contributed by atoms with Gasteiger partial charge in [-0.3, -0.25) is 0 Å². The number of aliphatic hydroxyl groups excluding tert-OH is 1. The van der Waals surface area contributed by atoms with E-state index in [9.17, 15) is 9.90 Å². The van der Waals surface area contributed by atoms with Crippen molar-refractivity contribution in [3.05, 3.63) is 0 Å². The van der Waals surface area contributed by atoms with E-state index in [1.807, 2.05) is 20.8 Å². The summed E-state index contributed by atoms with van der Waals surface area (Å²) in [6.07, 6.45) is 0.0682. The van der Waals surface area contributed by atoms with Crippen LogP contribution in [0.4, 0.5) is 4.79 Å². The molecule has 1 aliphatic heterocycles. The van der Waals surface area contributed by atoms with Crippen molar-refractivity contribution in [2.45, 2.75) is 38.9 Å². The van der Waals surface area contributed by atoms with Gasteiger partial charge in [0.15, 0.2) is 0 Å². The summed E-state index contributed by atoms with van der Waals surface area (Å²) in [4.78, 5) is 11.4. The van der Waals surface area contributed by atoms with Gasteiger partial charge >= 0.3 is 6.09 Å². The zero-order chi connectivity index (χ0) is 12.2. The van der Waals surface area contributed by atoms with Gasteiger partial charge in [-0.15, -0.1) is 0 Å². The van der Waals surface area contributed by atoms with Crippen LogP contribution in [0.25, 0.3) is 0 Å². The molecule has 0 aromatic heterocycles. The molecule has 0 aliphatic carbocycles. The molecule has 5 nitrogen and oxygen atoms in total. The van der Waals surface area contributed by atoms with E-state index in [2.05, 4.69) is 10.6 Å². The minimum Gasteiger partial charge on any atom is -0.444 e. The molecular weight excluding hydrogens is 208 g/mol. The topological polar surface area (TPSA) is 70.6 Å². The van der Waals surface area contributed by atoms with E-state index in [4.69, 9.17) is 4.74 Å². The Hall–Kier alpha value is -0.810. The third kappa shape index (κ3) is 4.81. The number of amides is 1. The molecule has 1 amide bonds. The zero-order valence-electron chi connectivity index (χ0n) is 10.2. The molecule has 16 heavy (non-hydrogen) atoms. The van der Waals surface area contributed by atoms with Gasteiger partial charge in [-0.1, -0.05) is 0 Å². The Kier molecular flexibility index (Phi) is 4.56. The van der Waals surface area contributed by atoms with Crippen LogP contribution in [0.1, 0.15) is 27.2 Å². The number of hydrogen-bond acceptors (Lipinski definition) is 4. The highest BCUT2D eigenvalue weighted by Gasteiger charge is 2.24. The van der Waals surface area contributed by atoms with Crippen LogP contribution >= 0.6 is 0 Å². The minimum atomic E-state index is -0.475. The maximum Gasteiger partial charge on any atom is 0.407 e. The lowest BCUT2D eigenvalue weighted by molar-refractivity contribution is 0.0457. The SMILES string of the molecule is CC(C)(C)OC(=O)NC[C@H]1CCNC[C@H]1O. The number of β-amino-alcohol motifs (C(OH)–C–C–N with tert-alkyl or cyclic N) is 1. The highest BCUT2D eigenvalue weighted by molar-refractivity contribution is 5.67. The lowest BCUT2D eigenvalue weighted by atomic mass is 9.95. The maximum atomic E-state index is 11.4. The van der Waals surface area contributed by atoms with Crippen molar-refractivity contribution in [3.8, 4) is 0 Å². The Morgan fingerprint density at radius 2 is 2.25 bits per heavy atom. The Morgan fingerprint density at radius 3 is 2.81 bits per heavy atom. The summed E-state index contributed by atoms with van der Waals surface area (Å²) in [5, 5.41) is 15.4. The summed E-state index contributed by atoms with van der Waals surface area (Å²) in [7, 11) is 0. The first-order valence-electron chi connectivity index (χ1n) is 5.74. The molecule has 0 aromatic rings. The Bertz CT molecular complexity index is 238. The quantitative estimate of drug-likeness (QED) is 0.645. The van der Waals surface area contributed by atoms with E-state index in [1.54, 1.807) is 0 Å². The van der Waals surface area contributed by atoms with Gasteiger partial charge in [-0.2, -0.15) is 0 Å². The highest BCUT2D eigenvalue weighted by Crippen LogP contribution is 2.12. The largest absolute Gasteiger partial charge is 0.444 e. The second-order valence-electron chi connectivity index (χ2n) is 5.20. The molecule has 0 saturated carbocycles.